The second-order valence-corrected chi connectivity index (χ2v) is 3.77. The number of hydrogen-bond donors (Lipinski definition) is 1. The Morgan fingerprint density at radius 2 is 2.24 bits per heavy atom. The van der Waals surface area contributed by atoms with Crippen molar-refractivity contribution < 1.29 is 14.0 Å². The van der Waals surface area contributed by atoms with Crippen molar-refractivity contribution in [3.8, 4) is 6.07 Å². The molecule has 0 heterocycles. The van der Waals surface area contributed by atoms with Gasteiger partial charge in [0.25, 0.3) is 0 Å². The third kappa shape index (κ3) is 4.44. The van der Waals surface area contributed by atoms with E-state index in [-0.39, 0.29) is 5.84 Å². The first-order valence-corrected chi connectivity index (χ1v) is 5.72. The molecule has 2 N–H and O–H groups in total. The fraction of sp³-hybridized carbons (Fsp3) is 0. The number of nitrogens with zero attached hydrogens (tertiary/aromatic N) is 2. The Bertz CT molecular complexity index is 684. The van der Waals surface area contributed by atoms with E-state index in [4.69, 9.17) is 11.0 Å². The lowest BCUT2D eigenvalue weighted by atomic mass is 10.1. The van der Waals surface area contributed by atoms with Gasteiger partial charge in [-0.05, 0) is 18.2 Å². The predicted octanol–water partition coefficient (Wildman–Crippen LogP) is 2.32. The fourth-order valence-electron chi connectivity index (χ4n) is 1.33. The average Bonchev–Trinajstić information content (AvgIpc) is 2.49. The Morgan fingerprint density at radius 3 is 2.81 bits per heavy atom. The van der Waals surface area contributed by atoms with Crippen LogP contribution in [0.5, 0.6) is 0 Å². The number of allylic oxidation sites excluding steroid dienone is 2. The normalized spacial score (nSPS) is 11.4. The summed E-state index contributed by atoms with van der Waals surface area (Å²) in [5, 5.41) is 12.2. The minimum atomic E-state index is -1.05. The number of nitriles is 1. The van der Waals surface area contributed by atoms with Gasteiger partial charge in [0.2, 0.25) is 0 Å². The molecule has 0 atom stereocenters. The van der Waals surface area contributed by atoms with Crippen molar-refractivity contribution in [3.05, 3.63) is 72.1 Å². The van der Waals surface area contributed by atoms with Gasteiger partial charge in [-0.1, -0.05) is 36.5 Å². The zero-order valence-corrected chi connectivity index (χ0v) is 11.0. The van der Waals surface area contributed by atoms with Gasteiger partial charge >= 0.3 is 5.97 Å². The standard InChI is InChI=1S/C15H12FN3O2/c1-3-5-13(10(2)16)15(20)21-19-14(18)12-7-4-6-11(8-12)9-17/h3-8H,1-2H2,(H2,18,19)/b13-5+. The average molecular weight is 285 g/mol. The number of oxime groups is 1. The first-order valence-electron chi connectivity index (χ1n) is 5.72. The number of carbonyl (C=O) groups excluding carboxylic acids is 1. The second kappa shape index (κ2) is 7.40. The van der Waals surface area contributed by atoms with E-state index in [9.17, 15) is 9.18 Å². The molecule has 0 fully saturated rings. The number of rotatable bonds is 5. The van der Waals surface area contributed by atoms with Crippen molar-refractivity contribution in [2.24, 2.45) is 10.9 Å². The molecule has 0 aliphatic carbocycles. The summed E-state index contributed by atoms with van der Waals surface area (Å²) in [6.45, 7) is 6.35. The number of halogens is 1. The van der Waals surface area contributed by atoms with E-state index < -0.39 is 17.4 Å². The largest absolute Gasteiger partial charge is 0.380 e. The molecule has 6 heteroatoms. The summed E-state index contributed by atoms with van der Waals surface area (Å²) in [6.07, 6.45) is 2.32. The molecule has 0 amide bonds. The number of nitrogens with two attached hydrogens (primary N) is 1. The highest BCUT2D eigenvalue weighted by Gasteiger charge is 2.14. The van der Waals surface area contributed by atoms with Crippen molar-refractivity contribution in [2.45, 2.75) is 0 Å². The maximum absolute atomic E-state index is 13.0. The van der Waals surface area contributed by atoms with Gasteiger partial charge in [-0.3, -0.25) is 0 Å². The van der Waals surface area contributed by atoms with Crippen LogP contribution >= 0.6 is 0 Å². The summed E-state index contributed by atoms with van der Waals surface area (Å²) >= 11 is 0. The molecular weight excluding hydrogens is 273 g/mol. The van der Waals surface area contributed by atoms with Gasteiger partial charge in [-0.15, -0.1) is 0 Å². The molecule has 0 spiro atoms. The molecule has 0 unspecified atom stereocenters. The molecule has 1 aromatic rings. The topological polar surface area (TPSA) is 88.5 Å². The SMILES string of the molecule is C=C/C=C(\C(=C)F)C(=O)O/N=C(/N)c1cccc(C#N)c1. The van der Waals surface area contributed by atoms with Gasteiger partial charge in [0, 0.05) is 5.56 Å². The summed E-state index contributed by atoms with van der Waals surface area (Å²) in [4.78, 5) is 16.1. The summed E-state index contributed by atoms with van der Waals surface area (Å²) in [5.74, 6) is -2.15. The Hall–Kier alpha value is -3.20. The summed E-state index contributed by atoms with van der Waals surface area (Å²) in [7, 11) is 0. The predicted molar refractivity (Wildman–Crippen MR) is 76.5 cm³/mol. The van der Waals surface area contributed by atoms with Crippen LogP contribution in [0.15, 0.2) is 66.1 Å². The smallest absolute Gasteiger partial charge is 0.368 e. The first-order chi connectivity index (χ1) is 9.99. The first kappa shape index (κ1) is 15.9. The minimum absolute atomic E-state index is 0.122. The Morgan fingerprint density at radius 1 is 1.52 bits per heavy atom. The van der Waals surface area contributed by atoms with Crippen molar-refractivity contribution in [2.75, 3.05) is 0 Å². The van der Waals surface area contributed by atoms with Crippen molar-refractivity contribution in [1.82, 2.24) is 0 Å². The highest BCUT2D eigenvalue weighted by Crippen LogP contribution is 2.12. The van der Waals surface area contributed by atoms with Crippen molar-refractivity contribution >= 4 is 11.8 Å². The van der Waals surface area contributed by atoms with E-state index in [2.05, 4.69) is 23.2 Å². The number of carbonyl (C=O) groups is 1. The van der Waals surface area contributed by atoms with Gasteiger partial charge in [-0.2, -0.15) is 5.26 Å². The zero-order chi connectivity index (χ0) is 15.8. The zero-order valence-electron chi connectivity index (χ0n) is 11.0. The van der Waals surface area contributed by atoms with Crippen LogP contribution in [-0.4, -0.2) is 11.8 Å². The van der Waals surface area contributed by atoms with Crippen LogP contribution < -0.4 is 5.73 Å². The maximum atomic E-state index is 13.0. The second-order valence-electron chi connectivity index (χ2n) is 3.77. The molecular formula is C15H12FN3O2. The molecule has 0 bridgehead atoms. The van der Waals surface area contributed by atoms with Crippen LogP contribution in [0.1, 0.15) is 11.1 Å². The molecule has 0 saturated carbocycles. The lowest BCUT2D eigenvalue weighted by Gasteiger charge is -2.02. The Labute approximate surface area is 121 Å². The molecule has 0 aliphatic rings. The van der Waals surface area contributed by atoms with Crippen LogP contribution in [0.25, 0.3) is 0 Å². The van der Waals surface area contributed by atoms with Gasteiger partial charge in [0.15, 0.2) is 5.84 Å². The molecule has 106 valence electrons. The summed E-state index contributed by atoms with van der Waals surface area (Å²) in [5.41, 5.74) is 5.99. The fourth-order valence-corrected chi connectivity index (χ4v) is 1.33. The number of amidine groups is 1. The Balaban J connectivity index is 2.91. The van der Waals surface area contributed by atoms with Crippen LogP contribution in [0.2, 0.25) is 0 Å². The molecule has 0 saturated heterocycles. The van der Waals surface area contributed by atoms with Gasteiger partial charge in [-0.25, -0.2) is 9.18 Å². The highest BCUT2D eigenvalue weighted by molar-refractivity contribution is 5.98. The van der Waals surface area contributed by atoms with Crippen LogP contribution in [0, 0.1) is 11.3 Å². The molecule has 21 heavy (non-hydrogen) atoms. The van der Waals surface area contributed by atoms with E-state index in [1.165, 1.54) is 12.1 Å². The molecule has 1 rings (SSSR count). The summed E-state index contributed by atoms with van der Waals surface area (Å²) in [6, 6.07) is 8.18. The van der Waals surface area contributed by atoms with Gasteiger partial charge in [0.1, 0.15) is 5.83 Å². The van der Waals surface area contributed by atoms with Crippen LogP contribution in [-0.2, 0) is 9.63 Å². The third-order valence-corrected chi connectivity index (χ3v) is 2.31. The van der Waals surface area contributed by atoms with Gasteiger partial charge < -0.3 is 10.6 Å². The van der Waals surface area contributed by atoms with E-state index in [0.717, 1.165) is 6.08 Å². The van der Waals surface area contributed by atoms with Gasteiger partial charge in [0.05, 0.1) is 17.2 Å². The van der Waals surface area contributed by atoms with E-state index in [0.29, 0.717) is 11.1 Å². The van der Waals surface area contributed by atoms with E-state index in [1.807, 2.05) is 6.07 Å². The molecule has 0 radical (unpaired) electrons. The number of benzene rings is 1. The lowest BCUT2D eigenvalue weighted by Crippen LogP contribution is -2.16. The van der Waals surface area contributed by atoms with Crippen molar-refractivity contribution in [3.63, 3.8) is 0 Å². The monoisotopic (exact) mass is 285 g/mol. The number of hydrogen-bond acceptors (Lipinski definition) is 4. The van der Waals surface area contributed by atoms with E-state index >= 15 is 0 Å². The maximum Gasteiger partial charge on any atom is 0.368 e. The van der Waals surface area contributed by atoms with Crippen molar-refractivity contribution in [1.29, 1.82) is 5.26 Å². The van der Waals surface area contributed by atoms with E-state index in [1.54, 1.807) is 18.2 Å². The lowest BCUT2D eigenvalue weighted by molar-refractivity contribution is -0.138. The molecule has 0 aromatic heterocycles. The summed E-state index contributed by atoms with van der Waals surface area (Å²) < 4.78 is 13.0. The van der Waals surface area contributed by atoms with Crippen LogP contribution in [0.4, 0.5) is 4.39 Å². The highest BCUT2D eigenvalue weighted by atomic mass is 19.1. The molecule has 1 aromatic carbocycles. The minimum Gasteiger partial charge on any atom is -0.380 e. The Kier molecular flexibility index (Phi) is 5.59. The molecule has 0 aliphatic heterocycles. The third-order valence-electron chi connectivity index (χ3n) is 2.31. The molecule has 5 nitrogen and oxygen atoms in total. The van der Waals surface area contributed by atoms with Crippen LogP contribution in [0.3, 0.4) is 0 Å². The quantitative estimate of drug-likeness (QED) is 0.224.